The van der Waals surface area contributed by atoms with E-state index in [0.29, 0.717) is 23.3 Å². The molecule has 21 heavy (non-hydrogen) atoms. The van der Waals surface area contributed by atoms with E-state index in [1.807, 2.05) is 0 Å². The van der Waals surface area contributed by atoms with Crippen molar-refractivity contribution in [3.63, 3.8) is 0 Å². The van der Waals surface area contributed by atoms with E-state index >= 15 is 0 Å². The van der Waals surface area contributed by atoms with Gasteiger partial charge in [0.05, 0.1) is 6.61 Å². The highest BCUT2D eigenvalue weighted by atomic mass is 19.2. The maximum absolute atomic E-state index is 14.3. The second kappa shape index (κ2) is 4.26. The quantitative estimate of drug-likeness (QED) is 0.657. The van der Waals surface area contributed by atoms with Crippen LogP contribution >= 0.6 is 0 Å². The normalized spacial score (nSPS) is 15.2. The number of rotatable bonds is 3. The van der Waals surface area contributed by atoms with Crippen LogP contribution in [0.1, 0.15) is 31.2 Å². The fourth-order valence-electron chi connectivity index (χ4n) is 3.02. The molecule has 0 bridgehead atoms. The Morgan fingerprint density at radius 1 is 1.00 bits per heavy atom. The molecule has 0 heterocycles. The van der Waals surface area contributed by atoms with E-state index in [2.05, 4.69) is 0 Å². The van der Waals surface area contributed by atoms with Crippen molar-refractivity contribution in [1.82, 2.24) is 0 Å². The number of halogens is 3. The number of hydrogen-bond donors (Lipinski definition) is 0. The fourth-order valence-corrected chi connectivity index (χ4v) is 3.02. The first kappa shape index (κ1) is 12.7. The van der Waals surface area contributed by atoms with Crippen molar-refractivity contribution in [2.75, 3.05) is 6.61 Å². The molecule has 2 aromatic carbocycles. The lowest BCUT2D eigenvalue weighted by Crippen LogP contribution is -2.10. The summed E-state index contributed by atoms with van der Waals surface area (Å²) < 4.78 is 47.9. The lowest BCUT2D eigenvalue weighted by atomic mass is 9.78. The first-order valence-corrected chi connectivity index (χ1v) is 7.11. The van der Waals surface area contributed by atoms with Crippen LogP contribution in [-0.4, -0.2) is 6.61 Å². The summed E-state index contributed by atoms with van der Waals surface area (Å²) in [6, 6.07) is 4.92. The molecule has 0 atom stereocenters. The van der Waals surface area contributed by atoms with Crippen molar-refractivity contribution < 1.29 is 17.9 Å². The van der Waals surface area contributed by atoms with Crippen molar-refractivity contribution in [3.8, 4) is 28.0 Å². The lowest BCUT2D eigenvalue weighted by Gasteiger charge is -2.27. The van der Waals surface area contributed by atoms with E-state index in [-0.39, 0.29) is 22.8 Å². The minimum absolute atomic E-state index is 0.0472. The van der Waals surface area contributed by atoms with E-state index in [1.54, 1.807) is 25.1 Å². The van der Waals surface area contributed by atoms with Gasteiger partial charge in [0.15, 0.2) is 23.2 Å². The maximum atomic E-state index is 14.3. The van der Waals surface area contributed by atoms with E-state index < -0.39 is 17.5 Å². The smallest absolute Gasteiger partial charge is 0.173 e. The molecule has 1 nitrogen and oxygen atoms in total. The second-order valence-electron chi connectivity index (χ2n) is 5.52. The molecule has 0 aliphatic heterocycles. The highest BCUT2D eigenvalue weighted by Gasteiger charge is 2.37. The minimum atomic E-state index is -0.936. The van der Waals surface area contributed by atoms with Crippen molar-refractivity contribution in [3.05, 3.63) is 41.2 Å². The maximum Gasteiger partial charge on any atom is 0.173 e. The van der Waals surface area contributed by atoms with Crippen molar-refractivity contribution >= 4 is 0 Å². The second-order valence-corrected chi connectivity index (χ2v) is 5.52. The molecule has 0 saturated heterocycles. The van der Waals surface area contributed by atoms with Gasteiger partial charge in [0.2, 0.25) is 0 Å². The van der Waals surface area contributed by atoms with E-state index in [9.17, 15) is 13.2 Å². The highest BCUT2D eigenvalue weighted by molar-refractivity contribution is 6.03. The monoisotopic (exact) mass is 290 g/mol. The Balaban J connectivity index is 1.89. The Kier molecular flexibility index (Phi) is 2.59. The number of benzene rings is 2. The Morgan fingerprint density at radius 2 is 1.71 bits per heavy atom. The summed E-state index contributed by atoms with van der Waals surface area (Å²) in [6.07, 6.45) is 1.78. The molecule has 1 saturated carbocycles. The van der Waals surface area contributed by atoms with E-state index in [4.69, 9.17) is 4.74 Å². The largest absolute Gasteiger partial charge is 0.491 e. The highest BCUT2D eigenvalue weighted by Crippen LogP contribution is 2.54. The van der Waals surface area contributed by atoms with Gasteiger partial charge in [0.1, 0.15) is 0 Å². The fraction of sp³-hybridized carbons (Fsp3) is 0.294. The zero-order chi connectivity index (χ0) is 14.7. The van der Waals surface area contributed by atoms with Gasteiger partial charge in [0, 0.05) is 11.1 Å². The number of fused-ring (bicyclic) bond motifs is 4. The van der Waals surface area contributed by atoms with Crippen LogP contribution < -0.4 is 4.74 Å². The van der Waals surface area contributed by atoms with Gasteiger partial charge in [-0.15, -0.1) is 0 Å². The topological polar surface area (TPSA) is 9.23 Å². The van der Waals surface area contributed by atoms with E-state index in [0.717, 1.165) is 12.8 Å². The van der Waals surface area contributed by atoms with Crippen LogP contribution in [0.5, 0.6) is 5.75 Å². The first-order chi connectivity index (χ1) is 10.1. The zero-order valence-electron chi connectivity index (χ0n) is 11.5. The van der Waals surface area contributed by atoms with Crippen molar-refractivity contribution in [2.24, 2.45) is 0 Å². The van der Waals surface area contributed by atoms with Crippen LogP contribution in [0.2, 0.25) is 0 Å². The molecule has 0 spiro atoms. The molecule has 0 N–H and O–H groups in total. The molecule has 4 rings (SSSR count). The summed E-state index contributed by atoms with van der Waals surface area (Å²) >= 11 is 0. The molecular formula is C17H13F3O. The average molecular weight is 290 g/mol. The van der Waals surface area contributed by atoms with Gasteiger partial charge < -0.3 is 4.74 Å². The molecule has 4 heteroatoms. The van der Waals surface area contributed by atoms with Crippen LogP contribution in [0.3, 0.4) is 0 Å². The molecule has 0 unspecified atom stereocenters. The van der Waals surface area contributed by atoms with Crippen LogP contribution in [0.15, 0.2) is 18.2 Å². The standard InChI is InChI=1S/C17H13F3O/c1-2-21-12-6-5-9-11-7-10(8-3-4-8)15(18)17(20)14(11)13(9)16(12)19/h5-8H,2-4H2,1H3. The summed E-state index contributed by atoms with van der Waals surface area (Å²) in [5.74, 6) is -2.19. The summed E-state index contributed by atoms with van der Waals surface area (Å²) in [5, 5.41) is 0. The average Bonchev–Trinajstić information content (AvgIpc) is 3.26. The predicted octanol–water partition coefficient (Wildman–Crippen LogP) is 5.03. The SMILES string of the molecule is CCOc1ccc2c(c1F)-c1c-2cc(C2CC2)c(F)c1F. The van der Waals surface area contributed by atoms with Crippen molar-refractivity contribution in [1.29, 1.82) is 0 Å². The Morgan fingerprint density at radius 3 is 2.38 bits per heavy atom. The molecule has 1 fully saturated rings. The molecule has 2 aliphatic carbocycles. The third-order valence-corrected chi connectivity index (χ3v) is 4.20. The summed E-state index contributed by atoms with van der Waals surface area (Å²) in [6.45, 7) is 2.06. The molecule has 2 aliphatic rings. The van der Waals surface area contributed by atoms with Gasteiger partial charge >= 0.3 is 0 Å². The van der Waals surface area contributed by atoms with E-state index in [1.165, 1.54) is 0 Å². The third kappa shape index (κ3) is 1.65. The van der Waals surface area contributed by atoms with Crippen LogP contribution in [0, 0.1) is 17.5 Å². The van der Waals surface area contributed by atoms with Gasteiger partial charge in [-0.1, -0.05) is 0 Å². The summed E-state index contributed by atoms with van der Waals surface area (Å²) in [5.41, 5.74) is 1.84. The molecule has 2 aromatic rings. The van der Waals surface area contributed by atoms with Gasteiger partial charge in [-0.2, -0.15) is 0 Å². The van der Waals surface area contributed by atoms with Crippen LogP contribution in [0.25, 0.3) is 22.3 Å². The van der Waals surface area contributed by atoms with Gasteiger partial charge in [-0.05, 0) is 60.6 Å². The Bertz CT molecular complexity index is 763. The lowest BCUT2D eigenvalue weighted by molar-refractivity contribution is 0.322. The zero-order valence-corrected chi connectivity index (χ0v) is 11.5. The predicted molar refractivity (Wildman–Crippen MR) is 73.9 cm³/mol. The summed E-state index contributed by atoms with van der Waals surface area (Å²) in [4.78, 5) is 0. The number of ether oxygens (including phenoxy) is 1. The van der Waals surface area contributed by atoms with Crippen molar-refractivity contribution in [2.45, 2.75) is 25.7 Å². The van der Waals surface area contributed by atoms with Gasteiger partial charge in [0.25, 0.3) is 0 Å². The minimum Gasteiger partial charge on any atom is -0.491 e. The van der Waals surface area contributed by atoms with Crippen LogP contribution in [0.4, 0.5) is 13.2 Å². The summed E-state index contributed by atoms with van der Waals surface area (Å²) in [7, 11) is 0. The number of hydrogen-bond acceptors (Lipinski definition) is 1. The molecule has 0 radical (unpaired) electrons. The first-order valence-electron chi connectivity index (χ1n) is 7.11. The molecule has 108 valence electrons. The Labute approximate surface area is 120 Å². The van der Waals surface area contributed by atoms with Gasteiger partial charge in [-0.25, -0.2) is 13.2 Å². The van der Waals surface area contributed by atoms with Gasteiger partial charge in [-0.3, -0.25) is 0 Å². The van der Waals surface area contributed by atoms with Crippen LogP contribution in [-0.2, 0) is 0 Å². The molecule has 0 aromatic heterocycles. The molecular weight excluding hydrogens is 277 g/mol. The molecule has 0 amide bonds. The Hall–Kier alpha value is -1.97. The third-order valence-electron chi connectivity index (χ3n) is 4.20.